The molecule has 1 heterocycles. The molecule has 0 radical (unpaired) electrons. The fraction of sp³-hybridized carbons (Fsp3) is 0.167. The molecule has 2 rings (SSSR count). The number of aromatic nitrogens is 2. The molecule has 0 aliphatic carbocycles. The van der Waals surface area contributed by atoms with E-state index in [0.29, 0.717) is 0 Å². The lowest BCUT2D eigenvalue weighted by Crippen LogP contribution is -2.19. The first-order valence-corrected chi connectivity index (χ1v) is 5.83. The fourth-order valence-corrected chi connectivity index (χ4v) is 1.82. The van der Waals surface area contributed by atoms with Gasteiger partial charge in [-0.3, -0.25) is 9.48 Å². The minimum absolute atomic E-state index is 0.0594. The lowest BCUT2D eigenvalue weighted by atomic mass is 10.1. The number of aryl methyl sites for hydroxylation is 1. The maximum Gasteiger partial charge on any atom is 0.418 e. The van der Waals surface area contributed by atoms with E-state index in [-0.39, 0.29) is 16.4 Å². The number of carbonyl (C=O) groups is 1. The molecule has 0 saturated heterocycles. The Labute approximate surface area is 117 Å². The predicted molar refractivity (Wildman–Crippen MR) is 67.6 cm³/mol. The summed E-state index contributed by atoms with van der Waals surface area (Å²) in [6.07, 6.45) is -3.23. The highest BCUT2D eigenvalue weighted by Crippen LogP contribution is 2.36. The van der Waals surface area contributed by atoms with E-state index in [1.54, 1.807) is 0 Å². The number of nitrogens with zero attached hydrogens (tertiary/aromatic N) is 2. The van der Waals surface area contributed by atoms with Gasteiger partial charge in [0.1, 0.15) is 5.69 Å². The van der Waals surface area contributed by atoms with Gasteiger partial charge in [-0.05, 0) is 24.3 Å². The molecule has 2 aromatic rings. The molecule has 0 atom stereocenters. The number of alkyl halides is 3. The Morgan fingerprint density at radius 3 is 2.60 bits per heavy atom. The zero-order chi connectivity index (χ0) is 14.9. The number of amides is 1. The van der Waals surface area contributed by atoms with Crippen LogP contribution in [0.1, 0.15) is 16.1 Å². The quantitative estimate of drug-likeness (QED) is 0.925. The van der Waals surface area contributed by atoms with Crippen molar-refractivity contribution in [3.63, 3.8) is 0 Å². The summed E-state index contributed by atoms with van der Waals surface area (Å²) in [6, 6.07) is 4.55. The smallest absolute Gasteiger partial charge is 0.320 e. The lowest BCUT2D eigenvalue weighted by molar-refractivity contribution is -0.136. The normalized spacial score (nSPS) is 11.4. The second-order valence-corrected chi connectivity index (χ2v) is 4.42. The topological polar surface area (TPSA) is 46.9 Å². The molecule has 1 N–H and O–H groups in total. The van der Waals surface area contributed by atoms with E-state index < -0.39 is 17.6 Å². The van der Waals surface area contributed by atoms with Crippen LogP contribution in [0.25, 0.3) is 0 Å². The summed E-state index contributed by atoms with van der Waals surface area (Å²) in [4.78, 5) is 11.9. The first-order chi connectivity index (χ1) is 9.29. The maximum atomic E-state index is 12.9. The third kappa shape index (κ3) is 2.93. The number of hydrogen-bond donors (Lipinski definition) is 1. The second-order valence-electron chi connectivity index (χ2n) is 3.98. The molecule has 4 nitrogen and oxygen atoms in total. The molecule has 0 aliphatic heterocycles. The highest BCUT2D eigenvalue weighted by molar-refractivity contribution is 6.30. The van der Waals surface area contributed by atoms with E-state index in [2.05, 4.69) is 10.4 Å². The Morgan fingerprint density at radius 2 is 2.05 bits per heavy atom. The van der Waals surface area contributed by atoms with Crippen molar-refractivity contribution in [3.8, 4) is 0 Å². The zero-order valence-corrected chi connectivity index (χ0v) is 11.0. The monoisotopic (exact) mass is 303 g/mol. The van der Waals surface area contributed by atoms with Crippen LogP contribution in [0.15, 0.2) is 30.5 Å². The average molecular weight is 304 g/mol. The first-order valence-electron chi connectivity index (χ1n) is 5.45. The van der Waals surface area contributed by atoms with Gasteiger partial charge in [0.25, 0.3) is 5.91 Å². The van der Waals surface area contributed by atoms with E-state index >= 15 is 0 Å². The molecule has 0 fully saturated rings. The Kier molecular flexibility index (Phi) is 3.71. The van der Waals surface area contributed by atoms with E-state index in [1.165, 1.54) is 30.1 Å². The second kappa shape index (κ2) is 5.16. The summed E-state index contributed by atoms with van der Waals surface area (Å²) in [5.41, 5.74) is -1.21. The van der Waals surface area contributed by atoms with Crippen LogP contribution >= 0.6 is 11.6 Å². The van der Waals surface area contributed by atoms with E-state index in [0.717, 1.165) is 12.1 Å². The maximum absolute atomic E-state index is 12.9. The van der Waals surface area contributed by atoms with Crippen molar-refractivity contribution in [3.05, 3.63) is 46.7 Å². The summed E-state index contributed by atoms with van der Waals surface area (Å²) < 4.78 is 39.9. The molecule has 0 spiro atoms. The average Bonchev–Trinajstić information content (AvgIpc) is 2.76. The van der Waals surface area contributed by atoms with E-state index in [4.69, 9.17) is 11.6 Å². The van der Waals surface area contributed by atoms with Crippen LogP contribution in [0.4, 0.5) is 18.9 Å². The minimum Gasteiger partial charge on any atom is -0.320 e. The van der Waals surface area contributed by atoms with Gasteiger partial charge in [-0.25, -0.2) is 0 Å². The van der Waals surface area contributed by atoms with Crippen LogP contribution in [-0.4, -0.2) is 15.7 Å². The molecular formula is C12H9ClF3N3O. The number of benzene rings is 1. The summed E-state index contributed by atoms with van der Waals surface area (Å²) >= 11 is 5.56. The van der Waals surface area contributed by atoms with Gasteiger partial charge >= 0.3 is 6.18 Å². The van der Waals surface area contributed by atoms with Crippen LogP contribution in [0.3, 0.4) is 0 Å². The minimum atomic E-state index is -4.61. The fourth-order valence-electron chi connectivity index (χ4n) is 1.64. The van der Waals surface area contributed by atoms with Crippen molar-refractivity contribution >= 4 is 23.2 Å². The van der Waals surface area contributed by atoms with E-state index in [9.17, 15) is 18.0 Å². The third-order valence-electron chi connectivity index (χ3n) is 2.59. The predicted octanol–water partition coefficient (Wildman–Crippen LogP) is 3.34. The van der Waals surface area contributed by atoms with Gasteiger partial charge in [0.2, 0.25) is 0 Å². The molecule has 106 valence electrons. The van der Waals surface area contributed by atoms with Gasteiger partial charge < -0.3 is 5.32 Å². The van der Waals surface area contributed by atoms with Crippen molar-refractivity contribution in [1.29, 1.82) is 0 Å². The van der Waals surface area contributed by atoms with Crippen LogP contribution in [0, 0.1) is 0 Å². The summed E-state index contributed by atoms with van der Waals surface area (Å²) in [5, 5.41) is 5.93. The number of rotatable bonds is 2. The van der Waals surface area contributed by atoms with Gasteiger partial charge in [-0.2, -0.15) is 18.3 Å². The van der Waals surface area contributed by atoms with Crippen molar-refractivity contribution in [2.24, 2.45) is 7.05 Å². The molecular weight excluding hydrogens is 295 g/mol. The molecule has 1 aromatic heterocycles. The molecule has 0 unspecified atom stereocenters. The van der Waals surface area contributed by atoms with Crippen LogP contribution in [-0.2, 0) is 13.2 Å². The Balaban J connectivity index is 2.35. The van der Waals surface area contributed by atoms with Gasteiger partial charge in [0.15, 0.2) is 0 Å². The molecule has 20 heavy (non-hydrogen) atoms. The number of anilines is 1. The highest BCUT2D eigenvalue weighted by Gasteiger charge is 2.34. The molecule has 0 aliphatic rings. The van der Waals surface area contributed by atoms with Crippen LogP contribution in [0.2, 0.25) is 5.02 Å². The van der Waals surface area contributed by atoms with Gasteiger partial charge in [0.05, 0.1) is 11.3 Å². The van der Waals surface area contributed by atoms with Crippen molar-refractivity contribution in [1.82, 2.24) is 9.78 Å². The van der Waals surface area contributed by atoms with E-state index in [1.807, 2.05) is 0 Å². The Bertz CT molecular complexity index is 652. The molecule has 1 aromatic carbocycles. The Hall–Kier alpha value is -2.02. The van der Waals surface area contributed by atoms with Crippen LogP contribution in [0.5, 0.6) is 0 Å². The van der Waals surface area contributed by atoms with Gasteiger partial charge in [0, 0.05) is 18.3 Å². The third-order valence-corrected chi connectivity index (χ3v) is 2.82. The SMILES string of the molecule is Cn1nccc1C(=O)Nc1ccc(Cl)cc1C(F)(F)F. The molecule has 0 bridgehead atoms. The largest absolute Gasteiger partial charge is 0.418 e. The van der Waals surface area contributed by atoms with Crippen molar-refractivity contribution in [2.75, 3.05) is 5.32 Å². The molecule has 1 amide bonds. The molecule has 0 saturated carbocycles. The standard InChI is InChI=1S/C12H9ClF3N3O/c1-19-10(4-5-17-19)11(20)18-9-3-2-7(13)6-8(9)12(14,15)16/h2-6H,1H3,(H,18,20). The number of hydrogen-bond acceptors (Lipinski definition) is 2. The number of nitrogens with one attached hydrogen (secondary N) is 1. The molecule has 8 heteroatoms. The summed E-state index contributed by atoms with van der Waals surface area (Å²) in [5.74, 6) is -0.683. The van der Waals surface area contributed by atoms with Crippen molar-refractivity contribution < 1.29 is 18.0 Å². The van der Waals surface area contributed by atoms with Gasteiger partial charge in [-0.1, -0.05) is 11.6 Å². The lowest BCUT2D eigenvalue weighted by Gasteiger charge is -2.14. The summed E-state index contributed by atoms with van der Waals surface area (Å²) in [6.45, 7) is 0. The van der Waals surface area contributed by atoms with Gasteiger partial charge in [-0.15, -0.1) is 0 Å². The Morgan fingerprint density at radius 1 is 1.35 bits per heavy atom. The number of halogens is 4. The highest BCUT2D eigenvalue weighted by atomic mass is 35.5. The first kappa shape index (κ1) is 14.4. The number of carbonyl (C=O) groups excluding carboxylic acids is 1. The van der Waals surface area contributed by atoms with Crippen LogP contribution < -0.4 is 5.32 Å². The zero-order valence-electron chi connectivity index (χ0n) is 10.2. The summed E-state index contributed by atoms with van der Waals surface area (Å²) in [7, 11) is 1.52. The van der Waals surface area contributed by atoms with Crippen molar-refractivity contribution in [2.45, 2.75) is 6.18 Å².